The Labute approximate surface area is 225 Å². The van der Waals surface area contributed by atoms with Gasteiger partial charge in [-0.25, -0.2) is 0 Å². The van der Waals surface area contributed by atoms with E-state index >= 15 is 0 Å². The zero-order valence-corrected chi connectivity index (χ0v) is 22.1. The highest BCUT2D eigenvalue weighted by atomic mass is 79.9. The number of nitrogens with one attached hydrogen (secondary N) is 1. The molecule has 2 aromatic rings. The summed E-state index contributed by atoms with van der Waals surface area (Å²) in [5.41, 5.74) is 0.211. The molecule has 196 valence electrons. The minimum atomic E-state index is -4.67. The highest BCUT2D eigenvalue weighted by Crippen LogP contribution is 2.41. The van der Waals surface area contributed by atoms with Gasteiger partial charge in [0.25, 0.3) is 0 Å². The van der Waals surface area contributed by atoms with Crippen LogP contribution in [0, 0.1) is 5.92 Å². The highest BCUT2D eigenvalue weighted by molar-refractivity contribution is 9.10. The van der Waals surface area contributed by atoms with Crippen molar-refractivity contribution in [3.63, 3.8) is 0 Å². The van der Waals surface area contributed by atoms with Crippen molar-refractivity contribution >= 4 is 68.5 Å². The van der Waals surface area contributed by atoms with E-state index < -0.39 is 42.4 Å². The molecule has 1 amide bonds. The van der Waals surface area contributed by atoms with Crippen LogP contribution in [0.1, 0.15) is 40.7 Å². The minimum absolute atomic E-state index is 0.0664. The molecule has 1 N–H and O–H groups in total. The number of Topliss-reactive ketones (excluding diaryl/α,β-unsaturated/α-hetero) is 1. The first-order valence-electron chi connectivity index (χ1n) is 10.1. The lowest BCUT2D eigenvalue weighted by Crippen LogP contribution is -2.37. The summed E-state index contributed by atoms with van der Waals surface area (Å²) in [5.74, 6) is -4.56. The summed E-state index contributed by atoms with van der Waals surface area (Å²) in [7, 11) is 0. The lowest BCUT2D eigenvalue weighted by atomic mass is 9.96. The molecule has 0 saturated carbocycles. The quantitative estimate of drug-likeness (QED) is 0.179. The molecule has 13 heteroatoms. The molecule has 0 bridgehead atoms. The number of ketones is 1. The van der Waals surface area contributed by atoms with Crippen LogP contribution >= 0.6 is 50.7 Å². The molecule has 0 aliphatic heterocycles. The van der Waals surface area contributed by atoms with Gasteiger partial charge in [-0.05, 0) is 35.4 Å². The molecule has 0 aromatic heterocycles. The van der Waals surface area contributed by atoms with E-state index in [1.54, 1.807) is 5.32 Å². The second-order valence-electron chi connectivity index (χ2n) is 7.78. The van der Waals surface area contributed by atoms with E-state index in [0.29, 0.717) is 5.56 Å². The van der Waals surface area contributed by atoms with Crippen LogP contribution in [0.2, 0.25) is 15.1 Å². The van der Waals surface area contributed by atoms with Crippen LogP contribution in [0.5, 0.6) is 0 Å². The number of alkyl halides is 6. The van der Waals surface area contributed by atoms with Crippen molar-refractivity contribution in [1.29, 1.82) is 0 Å². The maximum atomic E-state index is 13.7. The van der Waals surface area contributed by atoms with Crippen LogP contribution < -0.4 is 5.32 Å². The van der Waals surface area contributed by atoms with Gasteiger partial charge in [-0.2, -0.15) is 26.3 Å². The Bertz CT molecular complexity index is 1140. The summed E-state index contributed by atoms with van der Waals surface area (Å²) in [6.45, 7) is -0.205. The molecule has 0 aliphatic carbocycles. The van der Waals surface area contributed by atoms with Gasteiger partial charge in [0.05, 0.1) is 21.0 Å². The molecule has 0 aliphatic rings. The summed E-state index contributed by atoms with van der Waals surface area (Å²) in [4.78, 5) is 24.3. The van der Waals surface area contributed by atoms with Crippen LogP contribution in [0.3, 0.4) is 0 Å². The van der Waals surface area contributed by atoms with Gasteiger partial charge in [-0.3, -0.25) is 9.59 Å². The monoisotopic (exact) mass is 637 g/mol. The van der Waals surface area contributed by atoms with E-state index in [9.17, 15) is 35.9 Å². The third kappa shape index (κ3) is 8.68. The van der Waals surface area contributed by atoms with Gasteiger partial charge in [-0.1, -0.05) is 75.9 Å². The molecule has 0 heterocycles. The van der Waals surface area contributed by atoms with Gasteiger partial charge in [0, 0.05) is 22.4 Å². The van der Waals surface area contributed by atoms with E-state index in [1.165, 1.54) is 31.2 Å². The molecule has 1 unspecified atom stereocenters. The molecular weight excluding hydrogens is 623 g/mol. The van der Waals surface area contributed by atoms with Crippen molar-refractivity contribution in [1.82, 2.24) is 5.32 Å². The zero-order valence-electron chi connectivity index (χ0n) is 18.2. The van der Waals surface area contributed by atoms with Gasteiger partial charge in [0.1, 0.15) is 6.54 Å². The van der Waals surface area contributed by atoms with Gasteiger partial charge in [-0.15, -0.1) is 0 Å². The summed E-state index contributed by atoms with van der Waals surface area (Å²) in [6.07, 6.45) is -7.53. The number of amides is 1. The maximum absolute atomic E-state index is 13.7. The average Bonchev–Trinajstić information content (AvgIpc) is 2.74. The Morgan fingerprint density at radius 3 is 2.11 bits per heavy atom. The Morgan fingerprint density at radius 1 is 1.03 bits per heavy atom. The van der Waals surface area contributed by atoms with Gasteiger partial charge < -0.3 is 5.32 Å². The maximum Gasteiger partial charge on any atom is 0.405 e. The molecule has 2 rings (SSSR count). The lowest BCUT2D eigenvalue weighted by molar-refractivity contribution is -0.140. The number of halogens is 10. The van der Waals surface area contributed by atoms with Crippen LogP contribution in [0.15, 0.2) is 40.9 Å². The second-order valence-corrected chi connectivity index (χ2v) is 9.82. The normalized spacial score (nSPS) is 14.1. The first-order chi connectivity index (χ1) is 16.5. The topological polar surface area (TPSA) is 46.2 Å². The number of rotatable bonds is 8. The zero-order chi connectivity index (χ0) is 27.4. The Kier molecular flexibility index (Phi) is 10.3. The number of hydrogen-bond acceptors (Lipinski definition) is 2. The predicted octanol–water partition coefficient (Wildman–Crippen LogP) is 8.66. The van der Waals surface area contributed by atoms with Crippen LogP contribution in [0.25, 0.3) is 6.08 Å². The van der Waals surface area contributed by atoms with Gasteiger partial charge in [0.15, 0.2) is 5.78 Å². The Balaban J connectivity index is 2.19. The first-order valence-corrected chi connectivity index (χ1v) is 12.0. The largest absolute Gasteiger partial charge is 0.405 e. The molecule has 3 nitrogen and oxygen atoms in total. The minimum Gasteiger partial charge on any atom is -0.347 e. The van der Waals surface area contributed by atoms with E-state index in [-0.39, 0.29) is 37.1 Å². The number of allylic oxidation sites excluding steroid dienone is 1. The number of carbonyl (C=O) groups excluding carboxylic acids is 2. The predicted molar refractivity (Wildman–Crippen MR) is 131 cm³/mol. The van der Waals surface area contributed by atoms with Crippen LogP contribution in [-0.2, 0) is 4.79 Å². The molecule has 2 aromatic carbocycles. The number of benzene rings is 2. The van der Waals surface area contributed by atoms with Crippen molar-refractivity contribution < 1.29 is 35.9 Å². The molecule has 0 saturated heterocycles. The molecule has 36 heavy (non-hydrogen) atoms. The van der Waals surface area contributed by atoms with E-state index in [2.05, 4.69) is 15.9 Å². The van der Waals surface area contributed by atoms with Crippen molar-refractivity contribution in [2.24, 2.45) is 5.92 Å². The third-order valence-electron chi connectivity index (χ3n) is 4.89. The number of hydrogen-bond donors (Lipinski definition) is 1. The smallest absolute Gasteiger partial charge is 0.347 e. The van der Waals surface area contributed by atoms with E-state index in [0.717, 1.165) is 18.2 Å². The van der Waals surface area contributed by atoms with Gasteiger partial charge >= 0.3 is 12.4 Å². The fourth-order valence-corrected chi connectivity index (χ4v) is 4.31. The van der Waals surface area contributed by atoms with Crippen molar-refractivity contribution in [3.05, 3.63) is 72.6 Å². The Hall–Kier alpha value is -1.75. The third-order valence-corrected chi connectivity index (χ3v) is 6.75. The Morgan fingerprint density at radius 2 is 1.61 bits per heavy atom. The SMILES string of the molecule is C[C@@H](CC(=O)c1ccc(/C=C/C(c2cc(Cl)c(Cl)c(Cl)c2)C(F)(F)F)cc1Br)C(=O)NCC(F)(F)F. The highest BCUT2D eigenvalue weighted by Gasteiger charge is 2.39. The van der Waals surface area contributed by atoms with Crippen molar-refractivity contribution in [2.45, 2.75) is 31.6 Å². The summed E-state index contributed by atoms with van der Waals surface area (Å²) in [5, 5.41) is 1.39. The van der Waals surface area contributed by atoms with Crippen molar-refractivity contribution in [3.8, 4) is 0 Å². The first kappa shape index (κ1) is 30.5. The fourth-order valence-electron chi connectivity index (χ4n) is 3.07. The second kappa shape index (κ2) is 12.2. The fraction of sp³-hybridized carbons (Fsp3) is 0.304. The molecular formula is C23H17BrCl3F6NO2. The van der Waals surface area contributed by atoms with Crippen molar-refractivity contribution in [2.75, 3.05) is 6.54 Å². The molecule has 0 spiro atoms. The van der Waals surface area contributed by atoms with Crippen LogP contribution in [-0.4, -0.2) is 30.6 Å². The lowest BCUT2D eigenvalue weighted by Gasteiger charge is -2.18. The number of carbonyl (C=O) groups is 2. The van der Waals surface area contributed by atoms with Crippen LogP contribution in [0.4, 0.5) is 26.3 Å². The summed E-state index contributed by atoms with van der Waals surface area (Å²) in [6, 6.07) is 6.26. The summed E-state index contributed by atoms with van der Waals surface area (Å²) < 4.78 is 78.1. The summed E-state index contributed by atoms with van der Waals surface area (Å²) >= 11 is 20.7. The average molecular weight is 640 g/mol. The molecule has 0 radical (unpaired) electrons. The molecule has 0 fully saturated rings. The molecule has 2 atom stereocenters. The van der Waals surface area contributed by atoms with E-state index in [1.807, 2.05) is 0 Å². The van der Waals surface area contributed by atoms with Gasteiger partial charge in [0.2, 0.25) is 5.91 Å². The standard InChI is InChI=1S/C23H17BrCl3F6NO2/c1-11(21(36)34-10-22(28,29)30)6-19(35)14-4-2-12(7-16(14)24)3-5-15(23(31,32)33)13-8-17(25)20(27)18(26)9-13/h2-5,7-9,11,15H,6,10H2,1H3,(H,34,36)/b5-3+/t11-,15?/m0/s1. The van der Waals surface area contributed by atoms with E-state index in [4.69, 9.17) is 34.8 Å².